The molecule has 7 N–H and O–H groups in total. The summed E-state index contributed by atoms with van der Waals surface area (Å²) in [6.07, 6.45) is 0.0469. The largest absolute Gasteiger partial charge is 0.481 e. The number of hydrogen-bond donors (Lipinski definition) is 6. The molecule has 1 fully saturated rings. The quantitative estimate of drug-likeness (QED) is 0.211. The van der Waals surface area contributed by atoms with Gasteiger partial charge in [-0.2, -0.15) is 0 Å². The summed E-state index contributed by atoms with van der Waals surface area (Å²) in [5.74, 6) is -5.19. The van der Waals surface area contributed by atoms with Crippen molar-refractivity contribution in [3.05, 3.63) is 65.7 Å². The van der Waals surface area contributed by atoms with Crippen LogP contribution in [0.2, 0.25) is 0 Å². The Morgan fingerprint density at radius 1 is 1.00 bits per heavy atom. The number of carboxylic acid groups (broad SMARTS) is 2. The third-order valence-corrected chi connectivity index (χ3v) is 5.75. The molecule has 1 saturated heterocycles. The summed E-state index contributed by atoms with van der Waals surface area (Å²) in [7, 11) is 0. The fraction of sp³-hybridized carbons (Fsp3) is 0.280. The molecule has 2 aromatic carbocycles. The van der Waals surface area contributed by atoms with Gasteiger partial charge in [0.1, 0.15) is 12.1 Å². The van der Waals surface area contributed by atoms with Crippen molar-refractivity contribution in [3.63, 3.8) is 0 Å². The van der Waals surface area contributed by atoms with E-state index in [-0.39, 0.29) is 16.8 Å². The van der Waals surface area contributed by atoms with Crippen molar-refractivity contribution in [1.82, 2.24) is 16.0 Å². The summed E-state index contributed by atoms with van der Waals surface area (Å²) >= 11 is 0. The second kappa shape index (κ2) is 12.5. The van der Waals surface area contributed by atoms with Crippen molar-refractivity contribution in [2.75, 3.05) is 11.4 Å². The lowest BCUT2D eigenvalue weighted by molar-refractivity contribution is -0.143. The molecule has 3 atom stereocenters. The van der Waals surface area contributed by atoms with Gasteiger partial charge in [-0.05, 0) is 43.1 Å². The van der Waals surface area contributed by atoms with Crippen molar-refractivity contribution in [3.8, 4) is 0 Å². The zero-order chi connectivity index (χ0) is 27.8. The highest BCUT2D eigenvalue weighted by Gasteiger charge is 2.38. The van der Waals surface area contributed by atoms with Crippen molar-refractivity contribution in [1.29, 1.82) is 0 Å². The van der Waals surface area contributed by atoms with Gasteiger partial charge in [-0.3, -0.25) is 19.2 Å². The molecule has 0 bridgehead atoms. The minimum Gasteiger partial charge on any atom is -0.481 e. The molecule has 3 unspecified atom stereocenters. The van der Waals surface area contributed by atoms with Crippen LogP contribution in [0, 0.1) is 0 Å². The third kappa shape index (κ3) is 6.70. The first-order chi connectivity index (χ1) is 18.1. The number of amides is 5. The van der Waals surface area contributed by atoms with Crippen molar-refractivity contribution in [2.24, 2.45) is 5.73 Å². The molecule has 38 heavy (non-hydrogen) atoms. The number of carbonyl (C=O) groups is 6. The van der Waals surface area contributed by atoms with E-state index in [9.17, 15) is 39.0 Å². The van der Waals surface area contributed by atoms with Crippen LogP contribution >= 0.6 is 0 Å². The van der Waals surface area contributed by atoms with E-state index in [4.69, 9.17) is 5.73 Å². The number of hydrogen-bond acceptors (Lipinski definition) is 7. The van der Waals surface area contributed by atoms with Gasteiger partial charge in [0.2, 0.25) is 5.91 Å². The number of anilines is 1. The minimum atomic E-state index is -1.62. The molecule has 1 aliphatic heterocycles. The van der Waals surface area contributed by atoms with Crippen molar-refractivity contribution < 1.29 is 39.0 Å². The predicted molar refractivity (Wildman–Crippen MR) is 133 cm³/mol. The van der Waals surface area contributed by atoms with E-state index in [2.05, 4.69) is 16.0 Å². The summed E-state index contributed by atoms with van der Waals surface area (Å²) < 4.78 is 0. The monoisotopic (exact) mass is 525 g/mol. The van der Waals surface area contributed by atoms with Crippen LogP contribution in [-0.4, -0.2) is 64.5 Å². The average Bonchev–Trinajstić information content (AvgIpc) is 3.17. The molecule has 0 aromatic heterocycles. The number of imide groups is 1. The first kappa shape index (κ1) is 27.8. The number of rotatable bonds is 12. The van der Waals surface area contributed by atoms with Crippen LogP contribution in [0.3, 0.4) is 0 Å². The number of nitrogens with two attached hydrogens (primary N) is 1. The number of nitrogens with one attached hydrogen (secondary N) is 3. The fourth-order valence-corrected chi connectivity index (χ4v) is 3.88. The van der Waals surface area contributed by atoms with Gasteiger partial charge in [0.15, 0.2) is 6.04 Å². The highest BCUT2D eigenvalue weighted by atomic mass is 16.4. The predicted octanol–water partition coefficient (Wildman–Crippen LogP) is 0.366. The third-order valence-electron chi connectivity index (χ3n) is 5.75. The van der Waals surface area contributed by atoms with Gasteiger partial charge in [0.25, 0.3) is 11.8 Å². The van der Waals surface area contributed by atoms with Crippen LogP contribution in [0.15, 0.2) is 54.6 Å². The van der Waals surface area contributed by atoms with Crippen molar-refractivity contribution >= 4 is 41.4 Å². The molecule has 0 spiro atoms. The van der Waals surface area contributed by atoms with E-state index in [1.54, 1.807) is 18.2 Å². The number of aliphatic carboxylic acids is 2. The molecular weight excluding hydrogens is 498 g/mol. The Balaban J connectivity index is 1.77. The molecule has 3 rings (SSSR count). The van der Waals surface area contributed by atoms with E-state index in [1.165, 1.54) is 36.4 Å². The Hall–Kier alpha value is -4.78. The summed E-state index contributed by atoms with van der Waals surface area (Å²) in [4.78, 5) is 74.9. The summed E-state index contributed by atoms with van der Waals surface area (Å²) in [6.45, 7) is 0.346. The van der Waals surface area contributed by atoms with Gasteiger partial charge in [0.05, 0.1) is 12.1 Å². The van der Waals surface area contributed by atoms with E-state index in [1.807, 2.05) is 0 Å². The minimum absolute atomic E-state index is 0.0606. The zero-order valence-electron chi connectivity index (χ0n) is 20.1. The molecular formula is C25H27N5O8. The topological polar surface area (TPSA) is 208 Å². The fourth-order valence-electron chi connectivity index (χ4n) is 3.88. The van der Waals surface area contributed by atoms with Crippen LogP contribution < -0.4 is 26.6 Å². The highest BCUT2D eigenvalue weighted by molar-refractivity contribution is 6.21. The Morgan fingerprint density at radius 3 is 2.34 bits per heavy atom. The number of benzene rings is 2. The van der Waals surface area contributed by atoms with Crippen molar-refractivity contribution in [2.45, 2.75) is 37.4 Å². The van der Waals surface area contributed by atoms with Crippen LogP contribution in [0.4, 0.5) is 10.5 Å². The first-order valence-electron chi connectivity index (χ1n) is 11.7. The number of carboxylic acids is 2. The molecule has 1 heterocycles. The standard InChI is InChI=1S/C25H27N5O8/c26-11-5-10-17-23(35)30(25(38)28-17)16-9-4-8-15(12-16)21(33)27-18(13-19(31)32)22(34)29-20(24(36)37)14-6-2-1-3-7-14/h1-4,6-9,12,17-18,20H,5,10-11,13,26H2,(H,27,33)(H,28,38)(H,29,34)(H,31,32)(H,36,37). The lowest BCUT2D eigenvalue weighted by Crippen LogP contribution is -2.49. The maximum atomic E-state index is 12.9. The Morgan fingerprint density at radius 2 is 1.71 bits per heavy atom. The van der Waals surface area contributed by atoms with Crippen LogP contribution in [-0.2, 0) is 19.2 Å². The first-order valence-corrected chi connectivity index (χ1v) is 11.7. The molecule has 2 aromatic rings. The van der Waals surface area contributed by atoms with Gasteiger partial charge in [0, 0.05) is 5.56 Å². The Labute approximate surface area is 217 Å². The van der Waals surface area contributed by atoms with Gasteiger partial charge >= 0.3 is 18.0 Å². The number of urea groups is 1. The van der Waals surface area contributed by atoms with E-state index >= 15 is 0 Å². The van der Waals surface area contributed by atoms with Gasteiger partial charge < -0.3 is 31.9 Å². The molecule has 13 nitrogen and oxygen atoms in total. The summed E-state index contributed by atoms with van der Waals surface area (Å²) in [6, 6.07) is 8.71. The van der Waals surface area contributed by atoms with E-state index in [0.29, 0.717) is 19.4 Å². The second-order valence-electron chi connectivity index (χ2n) is 8.47. The maximum Gasteiger partial charge on any atom is 0.330 e. The lowest BCUT2D eigenvalue weighted by atomic mass is 10.1. The SMILES string of the molecule is NCCCC1NC(=O)N(c2cccc(C(=O)NC(CC(=O)O)C(=O)NC(C(=O)O)c3ccccc3)c2)C1=O. The maximum absolute atomic E-state index is 12.9. The van der Waals surface area contributed by atoms with Gasteiger partial charge in [-0.25, -0.2) is 14.5 Å². The summed E-state index contributed by atoms with van der Waals surface area (Å²) in [5.41, 5.74) is 5.76. The average molecular weight is 526 g/mol. The molecule has 0 saturated carbocycles. The van der Waals surface area contributed by atoms with Crippen LogP contribution in [0.5, 0.6) is 0 Å². The normalized spacial score (nSPS) is 16.3. The molecule has 5 amide bonds. The second-order valence-corrected chi connectivity index (χ2v) is 8.47. The number of nitrogens with zero attached hydrogens (tertiary/aromatic N) is 1. The van der Waals surface area contributed by atoms with Crippen LogP contribution in [0.25, 0.3) is 0 Å². The van der Waals surface area contributed by atoms with E-state index in [0.717, 1.165) is 4.90 Å². The zero-order valence-corrected chi connectivity index (χ0v) is 20.1. The Kier molecular flexibility index (Phi) is 9.11. The van der Waals surface area contributed by atoms with E-state index < -0.39 is 60.2 Å². The number of carbonyl (C=O) groups excluding carboxylic acids is 4. The Bertz CT molecular complexity index is 1240. The smallest absolute Gasteiger partial charge is 0.330 e. The lowest BCUT2D eigenvalue weighted by Gasteiger charge is -2.21. The molecule has 13 heteroatoms. The molecule has 1 aliphatic rings. The van der Waals surface area contributed by atoms with Gasteiger partial charge in [-0.1, -0.05) is 36.4 Å². The van der Waals surface area contributed by atoms with Gasteiger partial charge in [-0.15, -0.1) is 0 Å². The molecule has 0 radical (unpaired) electrons. The summed E-state index contributed by atoms with van der Waals surface area (Å²) in [5, 5.41) is 25.9. The van der Waals surface area contributed by atoms with Crippen LogP contribution in [0.1, 0.15) is 41.2 Å². The molecule has 200 valence electrons. The highest BCUT2D eigenvalue weighted by Crippen LogP contribution is 2.22. The molecule has 0 aliphatic carbocycles.